The van der Waals surface area contributed by atoms with Crippen LogP contribution in [0, 0.1) is 0 Å². The molecule has 5 nitrogen and oxygen atoms in total. The molecule has 1 atom stereocenters. The molecule has 3 fully saturated rings. The number of hydrogen-bond donors (Lipinski definition) is 0. The van der Waals surface area contributed by atoms with Crippen LogP contribution >= 0.6 is 11.8 Å². The van der Waals surface area contributed by atoms with Crippen LogP contribution in [0.4, 0.5) is 0 Å². The highest BCUT2D eigenvalue weighted by Crippen LogP contribution is 2.47. The van der Waals surface area contributed by atoms with Crippen molar-refractivity contribution in [3.63, 3.8) is 0 Å². The minimum absolute atomic E-state index is 0.0910. The number of nitrogens with zero attached hydrogens (tertiary/aromatic N) is 4. The number of rotatable bonds is 2. The van der Waals surface area contributed by atoms with Gasteiger partial charge in [-0.2, -0.15) is 0 Å². The summed E-state index contributed by atoms with van der Waals surface area (Å²) in [7, 11) is 1.90. The molecule has 120 valence electrons. The number of imidazole rings is 1. The fourth-order valence-electron chi connectivity index (χ4n) is 4.04. The minimum atomic E-state index is 0.0910. The molecule has 0 aromatic carbocycles. The second-order valence-electron chi connectivity index (χ2n) is 7.03. The first-order valence-electron chi connectivity index (χ1n) is 8.30. The van der Waals surface area contributed by atoms with Gasteiger partial charge in [-0.25, -0.2) is 4.98 Å². The molecule has 3 saturated heterocycles. The second-order valence-corrected chi connectivity index (χ2v) is 8.52. The quantitative estimate of drug-likeness (QED) is 0.830. The first kappa shape index (κ1) is 14.6. The standard InChI is InChI=1S/C16H24N4OS/c1-18-8-14(17-12-18)15(21)20-10-16(11-20)7-13(9-22-16)19-5-3-2-4-6-19/h8,12-13H,2-7,9-11H2,1H3. The molecule has 0 saturated carbocycles. The van der Waals surface area contributed by atoms with Crippen molar-refractivity contribution in [2.45, 2.75) is 36.5 Å². The van der Waals surface area contributed by atoms with Crippen LogP contribution in [0.15, 0.2) is 12.5 Å². The van der Waals surface area contributed by atoms with Crippen LogP contribution in [0.2, 0.25) is 0 Å². The van der Waals surface area contributed by atoms with Gasteiger partial charge < -0.3 is 9.47 Å². The molecule has 0 aliphatic carbocycles. The second kappa shape index (κ2) is 5.57. The zero-order chi connectivity index (χ0) is 15.2. The Kier molecular flexibility index (Phi) is 3.69. The fourth-order valence-corrected chi connectivity index (χ4v) is 5.72. The Morgan fingerprint density at radius 2 is 2.09 bits per heavy atom. The molecule has 0 radical (unpaired) electrons. The molecule has 1 unspecified atom stereocenters. The zero-order valence-electron chi connectivity index (χ0n) is 13.2. The van der Waals surface area contributed by atoms with Gasteiger partial charge in [0.15, 0.2) is 0 Å². The van der Waals surface area contributed by atoms with Crippen LogP contribution in [-0.2, 0) is 7.05 Å². The van der Waals surface area contributed by atoms with E-state index in [1.807, 2.05) is 22.7 Å². The smallest absolute Gasteiger partial charge is 0.274 e. The number of carbonyl (C=O) groups excluding carboxylic acids is 1. The van der Waals surface area contributed by atoms with E-state index in [1.54, 1.807) is 6.33 Å². The average molecular weight is 320 g/mol. The number of thioether (sulfide) groups is 1. The van der Waals surface area contributed by atoms with Crippen LogP contribution in [0.3, 0.4) is 0 Å². The molecule has 0 bridgehead atoms. The van der Waals surface area contributed by atoms with E-state index in [9.17, 15) is 4.79 Å². The first-order valence-corrected chi connectivity index (χ1v) is 9.29. The lowest BCUT2D eigenvalue weighted by atomic mass is 9.90. The van der Waals surface area contributed by atoms with Crippen LogP contribution in [0.1, 0.15) is 36.2 Å². The minimum Gasteiger partial charge on any atom is -0.340 e. The third-order valence-electron chi connectivity index (χ3n) is 5.27. The number of piperidine rings is 1. The molecule has 0 N–H and O–H groups in total. The van der Waals surface area contributed by atoms with Gasteiger partial charge in [0.25, 0.3) is 5.91 Å². The van der Waals surface area contributed by atoms with Gasteiger partial charge in [-0.1, -0.05) is 6.42 Å². The molecule has 3 aliphatic rings. The lowest BCUT2D eigenvalue weighted by Gasteiger charge is -2.47. The summed E-state index contributed by atoms with van der Waals surface area (Å²) >= 11 is 2.09. The van der Waals surface area contributed by atoms with Gasteiger partial charge in [-0.3, -0.25) is 9.69 Å². The van der Waals surface area contributed by atoms with Crippen molar-refractivity contribution in [3.05, 3.63) is 18.2 Å². The van der Waals surface area contributed by atoms with Gasteiger partial charge in [-0.05, 0) is 32.4 Å². The third-order valence-corrected chi connectivity index (χ3v) is 6.85. The van der Waals surface area contributed by atoms with Crippen LogP contribution in [0.25, 0.3) is 0 Å². The van der Waals surface area contributed by atoms with Crippen molar-refractivity contribution in [1.82, 2.24) is 19.4 Å². The van der Waals surface area contributed by atoms with Crippen LogP contribution in [0.5, 0.6) is 0 Å². The molecule has 4 heterocycles. The SMILES string of the molecule is Cn1cnc(C(=O)N2CC3(CC(N4CCCCC4)CS3)C2)c1. The molecule has 22 heavy (non-hydrogen) atoms. The summed E-state index contributed by atoms with van der Waals surface area (Å²) < 4.78 is 2.16. The van der Waals surface area contributed by atoms with Crippen molar-refractivity contribution in [2.75, 3.05) is 31.9 Å². The van der Waals surface area contributed by atoms with Crippen molar-refractivity contribution in [1.29, 1.82) is 0 Å². The Morgan fingerprint density at radius 1 is 1.32 bits per heavy atom. The van der Waals surface area contributed by atoms with Gasteiger partial charge in [-0.15, -0.1) is 11.8 Å². The Bertz CT molecular complexity index is 560. The molecule has 4 rings (SSSR count). The van der Waals surface area contributed by atoms with E-state index in [2.05, 4.69) is 21.6 Å². The van der Waals surface area contributed by atoms with Gasteiger partial charge in [0.05, 0.1) is 11.1 Å². The maximum absolute atomic E-state index is 12.4. The van der Waals surface area contributed by atoms with E-state index in [-0.39, 0.29) is 5.91 Å². The van der Waals surface area contributed by atoms with E-state index in [0.717, 1.165) is 19.1 Å². The maximum atomic E-state index is 12.4. The van der Waals surface area contributed by atoms with E-state index < -0.39 is 0 Å². The van der Waals surface area contributed by atoms with Gasteiger partial charge in [0.1, 0.15) is 5.69 Å². The highest BCUT2D eigenvalue weighted by atomic mass is 32.2. The fraction of sp³-hybridized carbons (Fsp3) is 0.750. The summed E-state index contributed by atoms with van der Waals surface area (Å²) in [6, 6.07) is 0.734. The van der Waals surface area contributed by atoms with E-state index >= 15 is 0 Å². The van der Waals surface area contributed by atoms with Gasteiger partial charge >= 0.3 is 0 Å². The molecule has 6 heteroatoms. The van der Waals surface area contributed by atoms with E-state index in [1.165, 1.54) is 44.5 Å². The maximum Gasteiger partial charge on any atom is 0.274 e. The molecule has 3 aliphatic heterocycles. The molecular weight excluding hydrogens is 296 g/mol. The topological polar surface area (TPSA) is 41.4 Å². The summed E-state index contributed by atoms with van der Waals surface area (Å²) in [6.45, 7) is 4.35. The van der Waals surface area contributed by atoms with Gasteiger partial charge in [0, 0.05) is 38.1 Å². The predicted molar refractivity (Wildman–Crippen MR) is 88.1 cm³/mol. The largest absolute Gasteiger partial charge is 0.340 e. The molecule has 1 aromatic rings. The van der Waals surface area contributed by atoms with Crippen LogP contribution in [-0.4, -0.2) is 68.0 Å². The van der Waals surface area contributed by atoms with Crippen molar-refractivity contribution < 1.29 is 4.79 Å². The zero-order valence-corrected chi connectivity index (χ0v) is 14.0. The summed E-state index contributed by atoms with van der Waals surface area (Å²) in [5.74, 6) is 1.33. The Balaban J connectivity index is 1.34. The normalized spacial score (nSPS) is 28.0. The molecule has 1 aromatic heterocycles. The molecule has 1 spiro atoms. The summed E-state index contributed by atoms with van der Waals surface area (Å²) in [4.78, 5) is 21.2. The number of aryl methyl sites for hydroxylation is 1. The lowest BCUT2D eigenvalue weighted by Crippen LogP contribution is -2.61. The predicted octanol–water partition coefficient (Wildman–Crippen LogP) is 1.61. The Hall–Kier alpha value is -1.01. The average Bonchev–Trinajstić information content (AvgIpc) is 3.12. The van der Waals surface area contributed by atoms with Crippen molar-refractivity contribution in [3.8, 4) is 0 Å². The van der Waals surface area contributed by atoms with E-state index in [0.29, 0.717) is 10.4 Å². The number of hydrogen-bond acceptors (Lipinski definition) is 4. The third kappa shape index (κ3) is 2.56. The summed E-state index contributed by atoms with van der Waals surface area (Å²) in [5, 5.41) is 0. The summed E-state index contributed by atoms with van der Waals surface area (Å²) in [5.41, 5.74) is 0.577. The highest BCUT2D eigenvalue weighted by molar-refractivity contribution is 8.01. The Labute approximate surface area is 136 Å². The number of aromatic nitrogens is 2. The number of likely N-dealkylation sites (tertiary alicyclic amines) is 2. The van der Waals surface area contributed by atoms with Gasteiger partial charge in [0.2, 0.25) is 0 Å². The van der Waals surface area contributed by atoms with Crippen LogP contribution < -0.4 is 0 Å². The van der Waals surface area contributed by atoms with Crippen molar-refractivity contribution >= 4 is 17.7 Å². The number of amides is 1. The van der Waals surface area contributed by atoms with E-state index in [4.69, 9.17) is 0 Å². The van der Waals surface area contributed by atoms with Crippen molar-refractivity contribution in [2.24, 2.45) is 7.05 Å². The molecular formula is C16H24N4OS. The Morgan fingerprint density at radius 3 is 2.77 bits per heavy atom. The lowest BCUT2D eigenvalue weighted by molar-refractivity contribution is 0.0513. The highest BCUT2D eigenvalue weighted by Gasteiger charge is 2.51. The monoisotopic (exact) mass is 320 g/mol. The first-order chi connectivity index (χ1) is 10.7. The summed E-state index contributed by atoms with van der Waals surface area (Å²) in [6.07, 6.45) is 8.87. The number of carbonyl (C=O) groups is 1. The molecule has 1 amide bonds.